The Labute approximate surface area is 119 Å². The molecule has 2 aromatic heterocycles. The topological polar surface area (TPSA) is 38.9 Å². The second-order valence-corrected chi connectivity index (χ2v) is 4.96. The van der Waals surface area contributed by atoms with Gasteiger partial charge in [0.1, 0.15) is 11.3 Å². The summed E-state index contributed by atoms with van der Waals surface area (Å²) < 4.78 is 5.79. The van der Waals surface area contributed by atoms with Gasteiger partial charge in [0, 0.05) is 16.7 Å². The van der Waals surface area contributed by atoms with Crippen molar-refractivity contribution in [1.29, 1.82) is 0 Å². The summed E-state index contributed by atoms with van der Waals surface area (Å²) in [6.45, 7) is 0. The summed E-state index contributed by atoms with van der Waals surface area (Å²) in [6, 6.07) is 17.2. The normalized spacial score (nSPS) is 11.2. The Morgan fingerprint density at radius 2 is 1.65 bits per heavy atom. The van der Waals surface area contributed by atoms with Crippen molar-refractivity contribution < 1.29 is 4.42 Å². The number of rotatable bonds is 1. The smallest absolute Gasteiger partial charge is 0.246 e. The summed E-state index contributed by atoms with van der Waals surface area (Å²) in [5.74, 6) is 0.766. The summed E-state index contributed by atoms with van der Waals surface area (Å²) in [4.78, 5) is 9.02. The van der Waals surface area contributed by atoms with E-state index in [-0.39, 0.29) is 0 Å². The van der Waals surface area contributed by atoms with E-state index >= 15 is 0 Å². The first kappa shape index (κ1) is 11.4. The zero-order valence-corrected chi connectivity index (χ0v) is 11.1. The van der Waals surface area contributed by atoms with Crippen molar-refractivity contribution in [3.05, 3.63) is 59.6 Å². The average molecular weight is 281 g/mol. The van der Waals surface area contributed by atoms with E-state index in [0.717, 1.165) is 27.9 Å². The first-order chi connectivity index (χ1) is 9.79. The summed E-state index contributed by atoms with van der Waals surface area (Å²) >= 11 is 5.98. The minimum Gasteiger partial charge on any atom is -0.436 e. The second-order valence-electron chi connectivity index (χ2n) is 4.52. The molecule has 96 valence electrons. The number of aromatic nitrogens is 2. The van der Waals surface area contributed by atoms with Gasteiger partial charge < -0.3 is 4.42 Å². The standard InChI is InChI=1S/C16H9ClN2O/c17-11-6-7-12-13(8-11)18-14-9-15(20-16(14)19-12)10-4-2-1-3-5-10/h1-9H. The van der Waals surface area contributed by atoms with Crippen LogP contribution in [0.1, 0.15) is 0 Å². The zero-order chi connectivity index (χ0) is 13.5. The molecule has 0 saturated carbocycles. The second kappa shape index (κ2) is 4.32. The van der Waals surface area contributed by atoms with Crippen LogP contribution in [-0.4, -0.2) is 9.97 Å². The van der Waals surface area contributed by atoms with Gasteiger partial charge in [0.05, 0.1) is 11.0 Å². The van der Waals surface area contributed by atoms with E-state index in [0.29, 0.717) is 10.7 Å². The predicted molar refractivity (Wildman–Crippen MR) is 79.8 cm³/mol. The minimum atomic E-state index is 0.540. The van der Waals surface area contributed by atoms with E-state index < -0.39 is 0 Å². The van der Waals surface area contributed by atoms with Crippen molar-refractivity contribution in [3.63, 3.8) is 0 Å². The third kappa shape index (κ3) is 1.84. The van der Waals surface area contributed by atoms with Gasteiger partial charge >= 0.3 is 0 Å². The SMILES string of the molecule is Clc1ccc2nc3oc(-c4ccccc4)cc3nc2c1. The molecule has 4 rings (SSSR count). The number of halogens is 1. The lowest BCUT2D eigenvalue weighted by molar-refractivity contribution is 0.619. The number of hydrogen-bond acceptors (Lipinski definition) is 3. The van der Waals surface area contributed by atoms with Crippen molar-refractivity contribution >= 4 is 33.9 Å². The van der Waals surface area contributed by atoms with Crippen LogP contribution in [-0.2, 0) is 0 Å². The van der Waals surface area contributed by atoms with Gasteiger partial charge in [-0.25, -0.2) is 9.97 Å². The Bertz CT molecular complexity index is 916. The third-order valence-corrected chi connectivity index (χ3v) is 3.39. The van der Waals surface area contributed by atoms with Gasteiger partial charge in [-0.1, -0.05) is 41.9 Å². The lowest BCUT2D eigenvalue weighted by Crippen LogP contribution is -1.83. The Balaban J connectivity index is 1.97. The Kier molecular flexibility index (Phi) is 2.47. The van der Waals surface area contributed by atoms with E-state index in [1.807, 2.05) is 42.5 Å². The maximum atomic E-state index is 5.98. The van der Waals surface area contributed by atoms with Crippen molar-refractivity contribution in [2.75, 3.05) is 0 Å². The predicted octanol–water partition coefficient (Wildman–Crippen LogP) is 4.70. The van der Waals surface area contributed by atoms with E-state index in [4.69, 9.17) is 16.0 Å². The van der Waals surface area contributed by atoms with Crippen LogP contribution in [0.3, 0.4) is 0 Å². The van der Waals surface area contributed by atoms with Gasteiger partial charge in [-0.05, 0) is 18.2 Å². The largest absolute Gasteiger partial charge is 0.436 e. The van der Waals surface area contributed by atoms with Crippen LogP contribution in [0.5, 0.6) is 0 Å². The molecule has 2 heterocycles. The number of benzene rings is 2. The molecular formula is C16H9ClN2O. The summed E-state index contributed by atoms with van der Waals surface area (Å²) in [7, 11) is 0. The van der Waals surface area contributed by atoms with Gasteiger partial charge in [0.2, 0.25) is 5.71 Å². The molecule has 3 nitrogen and oxygen atoms in total. The minimum absolute atomic E-state index is 0.540. The van der Waals surface area contributed by atoms with E-state index in [2.05, 4.69) is 9.97 Å². The van der Waals surface area contributed by atoms with E-state index in [9.17, 15) is 0 Å². The molecule has 0 saturated heterocycles. The molecule has 0 unspecified atom stereocenters. The van der Waals surface area contributed by atoms with Crippen molar-refractivity contribution in [1.82, 2.24) is 9.97 Å². The molecule has 0 amide bonds. The molecule has 4 heteroatoms. The van der Waals surface area contributed by atoms with Gasteiger partial charge in [-0.2, -0.15) is 0 Å². The lowest BCUT2D eigenvalue weighted by Gasteiger charge is -1.96. The van der Waals surface area contributed by atoms with Gasteiger partial charge in [0.15, 0.2) is 0 Å². The molecule has 0 atom stereocenters. The monoisotopic (exact) mass is 280 g/mol. The molecule has 20 heavy (non-hydrogen) atoms. The van der Waals surface area contributed by atoms with Crippen LogP contribution in [0.25, 0.3) is 33.6 Å². The quantitative estimate of drug-likeness (QED) is 0.507. The summed E-state index contributed by atoms with van der Waals surface area (Å²) in [5.41, 5.74) is 3.83. The number of furan rings is 1. The van der Waals surface area contributed by atoms with Crippen LogP contribution < -0.4 is 0 Å². The molecule has 0 bridgehead atoms. The first-order valence-electron chi connectivity index (χ1n) is 6.22. The first-order valence-corrected chi connectivity index (χ1v) is 6.60. The highest BCUT2D eigenvalue weighted by atomic mass is 35.5. The van der Waals surface area contributed by atoms with Crippen LogP contribution in [0, 0.1) is 0 Å². The Hall–Kier alpha value is -2.39. The molecule has 0 N–H and O–H groups in total. The fourth-order valence-corrected chi connectivity index (χ4v) is 2.36. The highest BCUT2D eigenvalue weighted by Crippen LogP contribution is 2.27. The molecule has 0 spiro atoms. The number of fused-ring (bicyclic) bond motifs is 2. The molecular weight excluding hydrogens is 272 g/mol. The highest BCUT2D eigenvalue weighted by molar-refractivity contribution is 6.31. The van der Waals surface area contributed by atoms with Gasteiger partial charge in [0.25, 0.3) is 0 Å². The number of hydrogen-bond donors (Lipinski definition) is 0. The Morgan fingerprint density at radius 3 is 2.50 bits per heavy atom. The zero-order valence-electron chi connectivity index (χ0n) is 10.4. The van der Waals surface area contributed by atoms with Crippen LogP contribution in [0.15, 0.2) is 59.0 Å². The molecule has 0 aliphatic rings. The van der Waals surface area contributed by atoms with E-state index in [1.165, 1.54) is 0 Å². The molecule has 4 aromatic rings. The van der Waals surface area contributed by atoms with Crippen molar-refractivity contribution in [2.24, 2.45) is 0 Å². The molecule has 0 aliphatic carbocycles. The molecule has 0 fully saturated rings. The van der Waals surface area contributed by atoms with Crippen LogP contribution >= 0.6 is 11.6 Å². The average Bonchev–Trinajstić information content (AvgIpc) is 2.88. The number of nitrogens with zero attached hydrogens (tertiary/aromatic N) is 2. The molecule has 0 aliphatic heterocycles. The lowest BCUT2D eigenvalue weighted by atomic mass is 10.2. The third-order valence-electron chi connectivity index (χ3n) is 3.15. The van der Waals surface area contributed by atoms with E-state index in [1.54, 1.807) is 12.1 Å². The van der Waals surface area contributed by atoms with Crippen molar-refractivity contribution in [2.45, 2.75) is 0 Å². The van der Waals surface area contributed by atoms with Gasteiger partial charge in [-0.15, -0.1) is 0 Å². The maximum Gasteiger partial charge on any atom is 0.246 e. The van der Waals surface area contributed by atoms with Crippen molar-refractivity contribution in [3.8, 4) is 11.3 Å². The fourth-order valence-electron chi connectivity index (χ4n) is 2.20. The molecule has 0 radical (unpaired) electrons. The Morgan fingerprint density at radius 1 is 0.800 bits per heavy atom. The van der Waals surface area contributed by atoms with Gasteiger partial charge in [-0.3, -0.25) is 0 Å². The fraction of sp³-hybridized carbons (Fsp3) is 0. The summed E-state index contributed by atoms with van der Waals surface area (Å²) in [6.07, 6.45) is 0. The summed E-state index contributed by atoms with van der Waals surface area (Å²) in [5, 5.41) is 0.651. The maximum absolute atomic E-state index is 5.98. The van der Waals surface area contributed by atoms with Crippen LogP contribution in [0.4, 0.5) is 0 Å². The van der Waals surface area contributed by atoms with Crippen LogP contribution in [0.2, 0.25) is 5.02 Å². The highest BCUT2D eigenvalue weighted by Gasteiger charge is 2.10. The molecule has 2 aromatic carbocycles.